The molecule has 2 aromatic carbocycles. The van der Waals surface area contributed by atoms with E-state index in [-0.39, 0.29) is 0 Å². The lowest BCUT2D eigenvalue weighted by Crippen LogP contribution is -2.35. The molecule has 0 unspecified atom stereocenters. The van der Waals surface area contributed by atoms with Gasteiger partial charge in [0.1, 0.15) is 18.1 Å². The Labute approximate surface area is 214 Å². The molecule has 3 heterocycles. The first-order chi connectivity index (χ1) is 17.6. The van der Waals surface area contributed by atoms with Crippen molar-refractivity contribution in [1.29, 1.82) is 0 Å². The third-order valence-electron chi connectivity index (χ3n) is 5.99. The summed E-state index contributed by atoms with van der Waals surface area (Å²) >= 11 is 1.61. The minimum atomic E-state index is 0.469. The third kappa shape index (κ3) is 4.82. The van der Waals surface area contributed by atoms with Crippen molar-refractivity contribution >= 4 is 56.1 Å². The van der Waals surface area contributed by atoms with Crippen LogP contribution in [0.25, 0.3) is 10.2 Å². The summed E-state index contributed by atoms with van der Waals surface area (Å²) in [5, 5.41) is 8.90. The number of para-hydroxylation sites is 2. The fourth-order valence-corrected chi connectivity index (χ4v) is 5.00. The molecule has 1 aliphatic rings. The van der Waals surface area contributed by atoms with E-state index in [0.717, 1.165) is 57.6 Å². The maximum atomic E-state index is 5.97. The molecular formula is C26H30N6O3S. The average molecular weight is 507 g/mol. The summed E-state index contributed by atoms with van der Waals surface area (Å²) in [6.45, 7) is 2.83. The van der Waals surface area contributed by atoms with Crippen LogP contribution in [0.4, 0.5) is 34.5 Å². The zero-order valence-electron chi connectivity index (χ0n) is 20.9. The number of anilines is 6. The molecule has 36 heavy (non-hydrogen) atoms. The van der Waals surface area contributed by atoms with Crippen LogP contribution in [0.2, 0.25) is 0 Å². The van der Waals surface area contributed by atoms with Crippen molar-refractivity contribution < 1.29 is 14.2 Å². The summed E-state index contributed by atoms with van der Waals surface area (Å²) in [5.41, 5.74) is 4.62. The molecule has 0 radical (unpaired) electrons. The second-order valence-corrected chi connectivity index (χ2v) is 9.46. The first-order valence-corrected chi connectivity index (χ1v) is 12.6. The van der Waals surface area contributed by atoms with Gasteiger partial charge >= 0.3 is 0 Å². The van der Waals surface area contributed by atoms with E-state index in [0.29, 0.717) is 24.9 Å². The molecule has 4 aromatic rings. The van der Waals surface area contributed by atoms with Crippen LogP contribution in [-0.2, 0) is 4.74 Å². The fourth-order valence-electron chi connectivity index (χ4n) is 4.22. The molecule has 0 aliphatic carbocycles. The van der Waals surface area contributed by atoms with Gasteiger partial charge in [-0.1, -0.05) is 12.1 Å². The van der Waals surface area contributed by atoms with E-state index in [4.69, 9.17) is 24.2 Å². The highest BCUT2D eigenvalue weighted by Gasteiger charge is 2.22. The Morgan fingerprint density at radius 1 is 1.08 bits per heavy atom. The second-order valence-electron chi connectivity index (χ2n) is 8.54. The molecule has 0 atom stereocenters. The van der Waals surface area contributed by atoms with E-state index in [1.54, 1.807) is 25.6 Å². The van der Waals surface area contributed by atoms with Crippen molar-refractivity contribution in [2.24, 2.45) is 0 Å². The maximum Gasteiger partial charge on any atom is 0.229 e. The van der Waals surface area contributed by atoms with Gasteiger partial charge in [-0.25, -0.2) is 4.98 Å². The molecule has 0 saturated carbocycles. The van der Waals surface area contributed by atoms with E-state index in [1.807, 2.05) is 55.9 Å². The molecule has 0 saturated heterocycles. The number of ether oxygens (including phenoxy) is 3. The van der Waals surface area contributed by atoms with E-state index in [1.165, 1.54) is 0 Å². The van der Waals surface area contributed by atoms with Crippen molar-refractivity contribution in [3.63, 3.8) is 0 Å². The van der Waals surface area contributed by atoms with Crippen molar-refractivity contribution in [2.75, 3.05) is 75.1 Å². The van der Waals surface area contributed by atoms with Gasteiger partial charge in [0, 0.05) is 39.9 Å². The van der Waals surface area contributed by atoms with Gasteiger partial charge in [0.05, 0.1) is 53.2 Å². The summed E-state index contributed by atoms with van der Waals surface area (Å²) in [5.74, 6) is 2.68. The Morgan fingerprint density at radius 3 is 2.75 bits per heavy atom. The molecule has 188 valence electrons. The number of fused-ring (bicyclic) bond motifs is 2. The van der Waals surface area contributed by atoms with E-state index < -0.39 is 0 Å². The predicted octanol–water partition coefficient (Wildman–Crippen LogP) is 5.10. The van der Waals surface area contributed by atoms with Crippen LogP contribution < -0.4 is 29.9 Å². The number of hydrogen-bond donors (Lipinski definition) is 2. The van der Waals surface area contributed by atoms with Gasteiger partial charge < -0.3 is 34.6 Å². The molecule has 2 aromatic heterocycles. The molecule has 10 heteroatoms. The van der Waals surface area contributed by atoms with Crippen LogP contribution >= 0.6 is 11.3 Å². The average Bonchev–Trinajstić information content (AvgIpc) is 3.36. The van der Waals surface area contributed by atoms with E-state index in [2.05, 4.69) is 26.5 Å². The van der Waals surface area contributed by atoms with Crippen molar-refractivity contribution in [1.82, 2.24) is 9.97 Å². The van der Waals surface area contributed by atoms with Crippen molar-refractivity contribution in [2.45, 2.75) is 0 Å². The van der Waals surface area contributed by atoms with Gasteiger partial charge in [0.25, 0.3) is 0 Å². The van der Waals surface area contributed by atoms with Crippen molar-refractivity contribution in [3.05, 3.63) is 47.8 Å². The highest BCUT2D eigenvalue weighted by atomic mass is 32.1. The smallest absolute Gasteiger partial charge is 0.229 e. The lowest BCUT2D eigenvalue weighted by molar-refractivity contribution is 0.201. The molecule has 9 nitrogen and oxygen atoms in total. The maximum absolute atomic E-state index is 5.97. The number of thiophene rings is 1. The first kappa shape index (κ1) is 24.0. The Morgan fingerprint density at radius 2 is 1.94 bits per heavy atom. The van der Waals surface area contributed by atoms with Crippen LogP contribution in [0.5, 0.6) is 11.5 Å². The van der Waals surface area contributed by atoms with Crippen LogP contribution in [0.3, 0.4) is 0 Å². The molecular weight excluding hydrogens is 476 g/mol. The minimum Gasteiger partial charge on any atom is -0.494 e. The molecule has 5 rings (SSSR count). The summed E-state index contributed by atoms with van der Waals surface area (Å²) in [6, 6.07) is 14.1. The van der Waals surface area contributed by atoms with E-state index in [9.17, 15) is 0 Å². The SMILES string of the molecule is COCCN1CCOc2cc(Nc3nc(Nc4ccccc4N(C)C)c4sccc4n3)c(OC)cc21. The topological polar surface area (TPSA) is 84.0 Å². The monoisotopic (exact) mass is 506 g/mol. The van der Waals surface area contributed by atoms with Crippen molar-refractivity contribution in [3.8, 4) is 11.5 Å². The second kappa shape index (κ2) is 10.5. The summed E-state index contributed by atoms with van der Waals surface area (Å²) in [7, 11) is 7.41. The first-order valence-electron chi connectivity index (χ1n) is 11.7. The zero-order chi connectivity index (χ0) is 25.1. The highest BCUT2D eigenvalue weighted by molar-refractivity contribution is 7.17. The van der Waals surface area contributed by atoms with Crippen LogP contribution in [0.1, 0.15) is 0 Å². The third-order valence-corrected chi connectivity index (χ3v) is 6.91. The molecule has 2 N–H and O–H groups in total. The summed E-state index contributed by atoms with van der Waals surface area (Å²) < 4.78 is 18.0. The van der Waals surface area contributed by atoms with Gasteiger partial charge in [-0.05, 0) is 23.6 Å². The Balaban J connectivity index is 1.49. The minimum absolute atomic E-state index is 0.469. The number of nitrogens with one attached hydrogen (secondary N) is 2. The Hall–Kier alpha value is -3.76. The lowest BCUT2D eigenvalue weighted by atomic mass is 10.2. The zero-order valence-corrected chi connectivity index (χ0v) is 21.7. The molecule has 1 aliphatic heterocycles. The Kier molecular flexibility index (Phi) is 6.97. The van der Waals surface area contributed by atoms with Crippen LogP contribution in [0, 0.1) is 0 Å². The number of methoxy groups -OCH3 is 2. The van der Waals surface area contributed by atoms with E-state index >= 15 is 0 Å². The molecule has 0 fully saturated rings. The van der Waals surface area contributed by atoms with Crippen LogP contribution in [-0.4, -0.2) is 64.6 Å². The van der Waals surface area contributed by atoms with Gasteiger partial charge in [-0.15, -0.1) is 11.3 Å². The fraction of sp³-hybridized carbons (Fsp3) is 0.308. The summed E-state index contributed by atoms with van der Waals surface area (Å²) in [4.78, 5) is 13.9. The summed E-state index contributed by atoms with van der Waals surface area (Å²) in [6.07, 6.45) is 0. The molecule has 0 bridgehead atoms. The number of hydrogen-bond acceptors (Lipinski definition) is 10. The largest absolute Gasteiger partial charge is 0.494 e. The quantitative estimate of drug-likeness (QED) is 0.322. The van der Waals surface area contributed by atoms with Gasteiger partial charge in [0.15, 0.2) is 5.82 Å². The predicted molar refractivity (Wildman–Crippen MR) is 147 cm³/mol. The number of aromatic nitrogens is 2. The normalized spacial score (nSPS) is 12.7. The molecule has 0 amide bonds. The number of rotatable bonds is 9. The van der Waals surface area contributed by atoms with Gasteiger partial charge in [0.2, 0.25) is 5.95 Å². The lowest BCUT2D eigenvalue weighted by Gasteiger charge is -2.32. The molecule has 0 spiro atoms. The number of nitrogens with zero attached hydrogens (tertiary/aromatic N) is 4. The number of benzene rings is 2. The van der Waals surface area contributed by atoms with Gasteiger partial charge in [-0.3, -0.25) is 0 Å². The highest BCUT2D eigenvalue weighted by Crippen LogP contribution is 2.41. The Bertz CT molecular complexity index is 1360. The van der Waals surface area contributed by atoms with Crippen LogP contribution in [0.15, 0.2) is 47.8 Å². The van der Waals surface area contributed by atoms with Gasteiger partial charge in [-0.2, -0.15) is 4.98 Å². The standard InChI is InChI=1S/C26H30N6O3S/c1-31(2)20-8-6-5-7-17(20)27-25-24-18(9-14-36-24)28-26(30-25)29-19-15-23-21(16-22(19)34-4)32(10-12-33-3)11-13-35-23/h5-9,14-16H,10-13H2,1-4H3,(H2,27,28,29,30).